The monoisotopic (exact) mass is 249 g/mol. The van der Waals surface area contributed by atoms with Crippen molar-refractivity contribution >= 4 is 17.8 Å². The van der Waals surface area contributed by atoms with E-state index >= 15 is 0 Å². The summed E-state index contributed by atoms with van der Waals surface area (Å²) in [7, 11) is 1.82. The maximum atomic E-state index is 8.99. The Bertz CT molecular complexity index is 489. The number of aryl methyl sites for hydroxylation is 1. The summed E-state index contributed by atoms with van der Waals surface area (Å²) >= 11 is 1.58. The first-order chi connectivity index (χ1) is 7.78. The second-order valence-corrected chi connectivity index (χ2v) is 6.53. The summed E-state index contributed by atoms with van der Waals surface area (Å²) < 4.78 is 7.54. The number of nitrogens with zero attached hydrogens (tertiary/aromatic N) is 3. The van der Waals surface area contributed by atoms with Crippen LogP contribution in [0, 0.1) is 11.3 Å². The molecule has 1 aliphatic rings. The van der Waals surface area contributed by atoms with Crippen LogP contribution in [-0.4, -0.2) is 21.6 Å². The van der Waals surface area contributed by atoms with E-state index in [2.05, 4.69) is 38.9 Å². The second-order valence-electron chi connectivity index (χ2n) is 5.43. The van der Waals surface area contributed by atoms with Crippen LogP contribution in [0.25, 0.3) is 0 Å². The molecule has 1 aromatic rings. The van der Waals surface area contributed by atoms with Gasteiger partial charge in [0.15, 0.2) is 5.69 Å². The summed E-state index contributed by atoms with van der Waals surface area (Å²) in [4.78, 5) is 0.892. The first kappa shape index (κ1) is 12.5. The standard InChI is InChI=1S/C11H16BN3OS/c1-10(2)11(3,4)16-12(10)17-9-7-15(5)14-8(9)6-13/h7H,1-5H3. The van der Waals surface area contributed by atoms with Crippen molar-refractivity contribution in [2.24, 2.45) is 7.05 Å². The molecule has 6 heteroatoms. The molecule has 1 saturated heterocycles. The second kappa shape index (κ2) is 3.79. The zero-order chi connectivity index (χ0) is 12.8. The van der Waals surface area contributed by atoms with Crippen LogP contribution in [0.3, 0.4) is 0 Å². The van der Waals surface area contributed by atoms with Crippen LogP contribution in [0.5, 0.6) is 0 Å². The minimum atomic E-state index is -0.111. The van der Waals surface area contributed by atoms with Gasteiger partial charge < -0.3 is 4.65 Å². The van der Waals surface area contributed by atoms with Gasteiger partial charge in [0.1, 0.15) is 6.07 Å². The van der Waals surface area contributed by atoms with Gasteiger partial charge >= 0.3 is 6.19 Å². The van der Waals surface area contributed by atoms with E-state index in [9.17, 15) is 0 Å². The molecule has 0 unspecified atom stereocenters. The third-order valence-corrected chi connectivity index (χ3v) is 5.13. The molecule has 0 radical (unpaired) electrons. The molecule has 0 saturated carbocycles. The van der Waals surface area contributed by atoms with Gasteiger partial charge in [0.2, 0.25) is 0 Å². The molecule has 1 aromatic heterocycles. The average Bonchev–Trinajstić information content (AvgIpc) is 2.58. The fourth-order valence-electron chi connectivity index (χ4n) is 1.71. The lowest BCUT2D eigenvalue weighted by Crippen LogP contribution is -2.59. The van der Waals surface area contributed by atoms with E-state index in [1.807, 2.05) is 13.2 Å². The van der Waals surface area contributed by atoms with Gasteiger partial charge in [-0.3, -0.25) is 4.68 Å². The highest BCUT2D eigenvalue weighted by Gasteiger charge is 2.59. The Balaban J connectivity index is 2.17. The maximum absolute atomic E-state index is 8.99. The van der Waals surface area contributed by atoms with Gasteiger partial charge in [-0.2, -0.15) is 10.4 Å². The predicted molar refractivity (Wildman–Crippen MR) is 68.7 cm³/mol. The molecule has 2 heterocycles. The summed E-state index contributed by atoms with van der Waals surface area (Å²) in [5.41, 5.74) is 0.362. The molecule has 1 aliphatic heterocycles. The van der Waals surface area contributed by atoms with E-state index in [1.54, 1.807) is 16.3 Å². The van der Waals surface area contributed by atoms with E-state index in [4.69, 9.17) is 9.92 Å². The highest BCUT2D eigenvalue weighted by Crippen LogP contribution is 2.58. The van der Waals surface area contributed by atoms with Crippen molar-refractivity contribution < 1.29 is 4.65 Å². The fourth-order valence-corrected chi connectivity index (χ4v) is 3.22. The Morgan fingerprint density at radius 2 is 2.12 bits per heavy atom. The van der Waals surface area contributed by atoms with E-state index in [0.29, 0.717) is 5.69 Å². The van der Waals surface area contributed by atoms with Crippen molar-refractivity contribution in [3.63, 3.8) is 0 Å². The number of rotatable bonds is 2. The number of aromatic nitrogens is 2. The lowest BCUT2D eigenvalue weighted by atomic mass is 9.49. The van der Waals surface area contributed by atoms with Crippen molar-refractivity contribution in [3.8, 4) is 6.07 Å². The molecule has 17 heavy (non-hydrogen) atoms. The van der Waals surface area contributed by atoms with Crippen molar-refractivity contribution in [3.05, 3.63) is 11.9 Å². The van der Waals surface area contributed by atoms with Gasteiger partial charge in [0.25, 0.3) is 0 Å². The summed E-state index contributed by atoms with van der Waals surface area (Å²) in [5, 5.41) is 13.2. The highest BCUT2D eigenvalue weighted by molar-refractivity contribution is 8.25. The summed E-state index contributed by atoms with van der Waals surface area (Å²) in [6.07, 6.45) is 1.95. The van der Waals surface area contributed by atoms with Crippen LogP contribution in [-0.2, 0) is 11.7 Å². The van der Waals surface area contributed by atoms with Gasteiger partial charge in [0, 0.05) is 24.2 Å². The molecule has 0 atom stereocenters. The molecule has 90 valence electrons. The van der Waals surface area contributed by atoms with Crippen molar-refractivity contribution in [2.45, 2.75) is 43.5 Å². The molecule has 0 amide bonds. The van der Waals surface area contributed by atoms with Gasteiger partial charge in [0.05, 0.1) is 4.90 Å². The van der Waals surface area contributed by atoms with Crippen LogP contribution in [0.1, 0.15) is 33.4 Å². The van der Waals surface area contributed by atoms with Gasteiger partial charge in [-0.15, -0.1) is 11.6 Å². The molecule has 2 rings (SSSR count). The lowest BCUT2D eigenvalue weighted by Gasteiger charge is -2.56. The predicted octanol–water partition coefficient (Wildman–Crippen LogP) is 2.46. The van der Waals surface area contributed by atoms with Crippen LogP contribution in [0.4, 0.5) is 0 Å². The molecule has 0 aromatic carbocycles. The van der Waals surface area contributed by atoms with Crippen LogP contribution >= 0.6 is 11.6 Å². The van der Waals surface area contributed by atoms with Crippen LogP contribution in [0.15, 0.2) is 11.1 Å². The molecule has 4 nitrogen and oxygen atoms in total. The van der Waals surface area contributed by atoms with E-state index in [0.717, 1.165) is 4.90 Å². The van der Waals surface area contributed by atoms with Crippen LogP contribution in [0.2, 0.25) is 5.31 Å². The lowest BCUT2D eigenvalue weighted by molar-refractivity contribution is -0.00482. The van der Waals surface area contributed by atoms with Crippen molar-refractivity contribution in [1.82, 2.24) is 9.78 Å². The topological polar surface area (TPSA) is 50.8 Å². The smallest absolute Gasteiger partial charge is 0.375 e. The highest BCUT2D eigenvalue weighted by atomic mass is 32.2. The third-order valence-electron chi connectivity index (χ3n) is 3.68. The van der Waals surface area contributed by atoms with Gasteiger partial charge in [-0.05, 0) is 13.8 Å². The molecular weight excluding hydrogens is 233 g/mol. The van der Waals surface area contributed by atoms with E-state index < -0.39 is 0 Å². The summed E-state index contributed by atoms with van der Waals surface area (Å²) in [5.74, 6) is 0. The number of nitriles is 1. The molecule has 0 aliphatic carbocycles. The zero-order valence-corrected chi connectivity index (χ0v) is 11.6. The quantitative estimate of drug-likeness (QED) is 0.755. The largest absolute Gasteiger partial charge is 0.420 e. The Labute approximate surface area is 106 Å². The summed E-state index contributed by atoms with van der Waals surface area (Å²) in [6.45, 7) is 8.57. The van der Waals surface area contributed by atoms with Crippen molar-refractivity contribution in [2.75, 3.05) is 0 Å². The SMILES string of the molecule is Cn1cc(SB2OC(C)(C)C2(C)C)c(C#N)n1. The van der Waals surface area contributed by atoms with Crippen LogP contribution < -0.4 is 0 Å². The van der Waals surface area contributed by atoms with Gasteiger partial charge in [-0.25, -0.2) is 0 Å². The Morgan fingerprint density at radius 1 is 1.47 bits per heavy atom. The Kier molecular flexibility index (Phi) is 2.79. The first-order valence-corrected chi connectivity index (χ1v) is 6.44. The number of hydrogen-bond acceptors (Lipinski definition) is 4. The average molecular weight is 249 g/mol. The fraction of sp³-hybridized carbons (Fsp3) is 0.636. The molecular formula is C11H16BN3OS. The maximum Gasteiger partial charge on any atom is 0.375 e. The first-order valence-electron chi connectivity index (χ1n) is 5.56. The minimum absolute atomic E-state index is 0.0776. The molecule has 0 bridgehead atoms. The third kappa shape index (κ3) is 1.87. The Morgan fingerprint density at radius 3 is 2.59 bits per heavy atom. The van der Waals surface area contributed by atoms with E-state index in [-0.39, 0.29) is 17.1 Å². The van der Waals surface area contributed by atoms with Crippen molar-refractivity contribution in [1.29, 1.82) is 5.26 Å². The molecule has 0 N–H and O–H groups in total. The number of hydrogen-bond donors (Lipinski definition) is 0. The minimum Gasteiger partial charge on any atom is -0.420 e. The summed E-state index contributed by atoms with van der Waals surface area (Å²) in [6, 6.07) is 2.11. The normalized spacial score (nSPS) is 20.8. The Hall–Kier alpha value is -0.925. The zero-order valence-electron chi connectivity index (χ0n) is 10.8. The van der Waals surface area contributed by atoms with Gasteiger partial charge in [-0.1, -0.05) is 13.8 Å². The van der Waals surface area contributed by atoms with E-state index in [1.165, 1.54) is 0 Å². The molecule has 1 fully saturated rings. The molecule has 0 spiro atoms.